The molecule has 3 rings (SSSR count). The van der Waals surface area contributed by atoms with Crippen LogP contribution < -0.4 is 5.32 Å². The lowest BCUT2D eigenvalue weighted by Crippen LogP contribution is -2.27. The van der Waals surface area contributed by atoms with Crippen molar-refractivity contribution in [3.8, 4) is 0 Å². The summed E-state index contributed by atoms with van der Waals surface area (Å²) < 4.78 is 52.8. The average molecular weight is 365 g/mol. The third kappa shape index (κ3) is 3.76. The summed E-state index contributed by atoms with van der Waals surface area (Å²) in [7, 11) is 0. The number of benzene rings is 2. The monoisotopic (exact) mass is 365 g/mol. The van der Waals surface area contributed by atoms with Gasteiger partial charge in [0.1, 0.15) is 5.82 Å². The van der Waals surface area contributed by atoms with Gasteiger partial charge in [0.2, 0.25) is 5.78 Å². The van der Waals surface area contributed by atoms with E-state index < -0.39 is 34.7 Å². The summed E-state index contributed by atoms with van der Waals surface area (Å²) in [6, 6.07) is 10.5. The van der Waals surface area contributed by atoms with Gasteiger partial charge in [0, 0.05) is 17.5 Å². The van der Waals surface area contributed by atoms with E-state index in [4.69, 9.17) is 0 Å². The van der Waals surface area contributed by atoms with Crippen LogP contribution in [0.4, 0.5) is 23.2 Å². The number of ketones is 1. The first-order valence-corrected chi connectivity index (χ1v) is 7.98. The number of alkyl halides is 3. The average Bonchev–Trinajstić information content (AvgIpc) is 3.35. The highest BCUT2D eigenvalue weighted by atomic mass is 19.4. The van der Waals surface area contributed by atoms with E-state index in [9.17, 15) is 27.2 Å². The number of carbonyl (C=O) groups excluding carboxylic acids is 2. The molecule has 0 atom stereocenters. The van der Waals surface area contributed by atoms with Crippen molar-refractivity contribution in [1.29, 1.82) is 0 Å². The molecule has 1 N–H and O–H groups in total. The van der Waals surface area contributed by atoms with Gasteiger partial charge in [0.05, 0.1) is 5.56 Å². The lowest BCUT2D eigenvalue weighted by molar-refractivity contribution is -0.137. The van der Waals surface area contributed by atoms with Gasteiger partial charge in [0.25, 0.3) is 5.91 Å². The second-order valence-electron chi connectivity index (χ2n) is 6.39. The van der Waals surface area contributed by atoms with Crippen LogP contribution in [-0.2, 0) is 21.2 Å². The number of para-hydroxylation sites is 1. The van der Waals surface area contributed by atoms with Crippen LogP contribution >= 0.6 is 0 Å². The Hall–Kier alpha value is -2.70. The summed E-state index contributed by atoms with van der Waals surface area (Å²) in [6.07, 6.45) is -4.22. The highest BCUT2D eigenvalue weighted by molar-refractivity contribution is 6.40. The fourth-order valence-electron chi connectivity index (χ4n) is 2.91. The third-order valence-corrected chi connectivity index (χ3v) is 4.50. The predicted molar refractivity (Wildman–Crippen MR) is 87.0 cm³/mol. The van der Waals surface area contributed by atoms with Gasteiger partial charge >= 0.3 is 6.18 Å². The second kappa shape index (κ2) is 6.55. The number of hydrogen-bond donors (Lipinski definition) is 1. The summed E-state index contributed by atoms with van der Waals surface area (Å²) in [5.41, 5.74) is -1.74. The first kappa shape index (κ1) is 18.1. The van der Waals surface area contributed by atoms with E-state index in [0.717, 1.165) is 12.1 Å². The predicted octanol–water partition coefficient (Wildman–Crippen LogP) is 4.47. The van der Waals surface area contributed by atoms with Gasteiger partial charge in [0.15, 0.2) is 0 Å². The van der Waals surface area contributed by atoms with Gasteiger partial charge in [-0.3, -0.25) is 9.59 Å². The Morgan fingerprint density at radius 3 is 2.27 bits per heavy atom. The maximum atomic E-state index is 14.1. The zero-order valence-electron chi connectivity index (χ0n) is 13.6. The Labute approximate surface area is 147 Å². The molecule has 26 heavy (non-hydrogen) atoms. The van der Waals surface area contributed by atoms with Gasteiger partial charge < -0.3 is 5.32 Å². The van der Waals surface area contributed by atoms with Crippen LogP contribution in [0.25, 0.3) is 0 Å². The molecule has 0 unspecified atom stereocenters. The Kier molecular flexibility index (Phi) is 4.56. The van der Waals surface area contributed by atoms with E-state index in [2.05, 4.69) is 5.32 Å². The molecule has 136 valence electrons. The van der Waals surface area contributed by atoms with Crippen LogP contribution in [0.2, 0.25) is 0 Å². The number of nitrogens with one attached hydrogen (secondary N) is 1. The SMILES string of the molecule is O=C(CC1(c2cc(C(F)(F)F)ccc2F)CC1)C(=O)Nc1ccccc1. The highest BCUT2D eigenvalue weighted by Crippen LogP contribution is 2.52. The van der Waals surface area contributed by atoms with Crippen molar-refractivity contribution in [2.75, 3.05) is 5.32 Å². The Bertz CT molecular complexity index is 842. The normalized spacial score (nSPS) is 15.4. The molecule has 0 heterocycles. The number of carbonyl (C=O) groups is 2. The lowest BCUT2D eigenvalue weighted by atomic mass is 9.88. The van der Waals surface area contributed by atoms with Gasteiger partial charge in [-0.15, -0.1) is 0 Å². The molecule has 2 aromatic rings. The molecule has 1 amide bonds. The smallest absolute Gasteiger partial charge is 0.319 e. The molecule has 1 aliphatic carbocycles. The zero-order valence-corrected chi connectivity index (χ0v) is 13.6. The standard InChI is InChI=1S/C19H15F4NO2/c20-15-7-6-12(19(21,22)23)10-14(15)18(8-9-18)11-16(25)17(26)24-13-4-2-1-3-5-13/h1-7,10H,8-9,11H2,(H,24,26). The van der Waals surface area contributed by atoms with Crippen LogP contribution in [0, 0.1) is 5.82 Å². The quantitative estimate of drug-likeness (QED) is 0.628. The number of anilines is 1. The van der Waals surface area contributed by atoms with Crippen molar-refractivity contribution < 1.29 is 27.2 Å². The van der Waals surface area contributed by atoms with Gasteiger partial charge in [-0.1, -0.05) is 18.2 Å². The molecular formula is C19H15F4NO2. The molecule has 2 aromatic carbocycles. The largest absolute Gasteiger partial charge is 0.416 e. The molecule has 7 heteroatoms. The van der Waals surface area contributed by atoms with E-state index in [0.29, 0.717) is 24.6 Å². The summed E-state index contributed by atoms with van der Waals surface area (Å²) >= 11 is 0. The molecule has 0 spiro atoms. The van der Waals surface area contributed by atoms with Crippen LogP contribution in [0.5, 0.6) is 0 Å². The summed E-state index contributed by atoms with van der Waals surface area (Å²) in [4.78, 5) is 24.2. The van der Waals surface area contributed by atoms with Gasteiger partial charge in [-0.2, -0.15) is 13.2 Å². The number of amides is 1. The van der Waals surface area contributed by atoms with E-state index in [1.165, 1.54) is 0 Å². The first-order valence-electron chi connectivity index (χ1n) is 7.98. The van der Waals surface area contributed by atoms with Gasteiger partial charge in [-0.25, -0.2) is 4.39 Å². The molecule has 0 aliphatic heterocycles. The van der Waals surface area contributed by atoms with Crippen molar-refractivity contribution in [3.63, 3.8) is 0 Å². The maximum Gasteiger partial charge on any atom is 0.416 e. The molecule has 0 bridgehead atoms. The second-order valence-corrected chi connectivity index (χ2v) is 6.39. The van der Waals surface area contributed by atoms with Crippen molar-refractivity contribution in [2.45, 2.75) is 30.9 Å². The van der Waals surface area contributed by atoms with Crippen LogP contribution in [-0.4, -0.2) is 11.7 Å². The Morgan fingerprint density at radius 2 is 1.69 bits per heavy atom. The van der Waals surface area contributed by atoms with E-state index in [1.807, 2.05) is 0 Å². The van der Waals surface area contributed by atoms with E-state index in [1.54, 1.807) is 30.3 Å². The van der Waals surface area contributed by atoms with Crippen LogP contribution in [0.1, 0.15) is 30.4 Å². The minimum Gasteiger partial charge on any atom is -0.319 e. The minimum absolute atomic E-state index is 0.159. The molecule has 1 aliphatic rings. The molecular weight excluding hydrogens is 350 g/mol. The van der Waals surface area contributed by atoms with E-state index in [-0.39, 0.29) is 12.0 Å². The first-order chi connectivity index (χ1) is 12.2. The van der Waals surface area contributed by atoms with Gasteiger partial charge in [-0.05, 0) is 48.7 Å². The number of rotatable bonds is 5. The molecule has 1 saturated carbocycles. The molecule has 1 fully saturated rings. The number of Topliss-reactive ketones (excluding diaryl/α,β-unsaturated/α-hetero) is 1. The number of halogens is 4. The Morgan fingerprint density at radius 1 is 1.04 bits per heavy atom. The summed E-state index contributed by atoms with van der Waals surface area (Å²) in [6.45, 7) is 0. The molecule has 0 radical (unpaired) electrons. The van der Waals surface area contributed by atoms with Crippen molar-refractivity contribution in [2.24, 2.45) is 0 Å². The molecule has 3 nitrogen and oxygen atoms in total. The molecule has 0 aromatic heterocycles. The lowest BCUT2D eigenvalue weighted by Gasteiger charge is -2.18. The third-order valence-electron chi connectivity index (χ3n) is 4.50. The summed E-state index contributed by atoms with van der Waals surface area (Å²) in [5.74, 6) is -2.45. The highest BCUT2D eigenvalue weighted by Gasteiger charge is 2.49. The van der Waals surface area contributed by atoms with Crippen molar-refractivity contribution >= 4 is 17.4 Å². The fourth-order valence-corrected chi connectivity index (χ4v) is 2.91. The minimum atomic E-state index is -4.60. The Balaban J connectivity index is 1.77. The maximum absolute atomic E-state index is 14.1. The number of hydrogen-bond acceptors (Lipinski definition) is 2. The van der Waals surface area contributed by atoms with E-state index >= 15 is 0 Å². The van der Waals surface area contributed by atoms with Crippen molar-refractivity contribution in [3.05, 3.63) is 65.5 Å². The van der Waals surface area contributed by atoms with Crippen molar-refractivity contribution in [1.82, 2.24) is 0 Å². The fraction of sp³-hybridized carbons (Fsp3) is 0.263. The van der Waals surface area contributed by atoms with Crippen LogP contribution in [0.15, 0.2) is 48.5 Å². The zero-order chi connectivity index (χ0) is 18.9. The summed E-state index contributed by atoms with van der Waals surface area (Å²) in [5, 5.41) is 2.43. The van der Waals surface area contributed by atoms with Crippen LogP contribution in [0.3, 0.4) is 0 Å². The molecule has 0 saturated heterocycles. The topological polar surface area (TPSA) is 46.2 Å².